The largest absolute Gasteiger partial charge is 0.232 e. The van der Waals surface area contributed by atoms with Crippen molar-refractivity contribution in [3.63, 3.8) is 0 Å². The van der Waals surface area contributed by atoms with Crippen LogP contribution in [0.15, 0.2) is 0 Å². The molecule has 0 spiro atoms. The average molecular weight is 92.5 g/mol. The van der Waals surface area contributed by atoms with Gasteiger partial charge in [0.2, 0.25) is 0 Å². The molecule has 2 heteroatoms. The molecule has 0 fully saturated rings. The smallest absolute Gasteiger partial charge is 0.107 e. The van der Waals surface area contributed by atoms with E-state index in [0.29, 0.717) is 0 Å². The highest BCUT2D eigenvalue weighted by atomic mass is 35.5. The lowest BCUT2D eigenvalue weighted by Gasteiger charge is -1.83. The van der Waals surface area contributed by atoms with Crippen molar-refractivity contribution in [2.45, 2.75) is 6.10 Å². The van der Waals surface area contributed by atoms with Gasteiger partial charge in [0, 0.05) is 0 Å². The Morgan fingerprint density at radius 2 is 2.20 bits per heavy atom. The molecule has 0 aromatic heterocycles. The minimum Gasteiger partial charge on any atom is -0.232 e. The lowest BCUT2D eigenvalue weighted by molar-refractivity contribution is 0.147. The zero-order valence-corrected chi connectivity index (χ0v) is 3.53. The summed E-state index contributed by atoms with van der Waals surface area (Å²) in [6, 6.07) is 0. The molecular formula is C3H5ClO. The molecule has 0 aromatic rings. The molecule has 0 N–H and O–H groups in total. The average Bonchev–Trinajstić information content (AvgIpc) is 1.38. The zero-order chi connectivity index (χ0) is 4.28. The lowest BCUT2D eigenvalue weighted by atomic mass is 10.5. The van der Waals surface area contributed by atoms with E-state index in [-0.39, 0.29) is 5.88 Å². The van der Waals surface area contributed by atoms with E-state index in [1.165, 1.54) is 0 Å². The molecule has 5 heavy (non-hydrogen) atoms. The van der Waals surface area contributed by atoms with Gasteiger partial charge in [-0.1, -0.05) is 0 Å². The van der Waals surface area contributed by atoms with Crippen molar-refractivity contribution in [3.05, 3.63) is 6.92 Å². The molecule has 0 heterocycles. The molecule has 0 bridgehead atoms. The molecule has 30 valence electrons. The maximum absolute atomic E-state index is 9.65. The maximum atomic E-state index is 9.65. The Hall–Kier alpha value is 0.250. The van der Waals surface area contributed by atoms with E-state index in [2.05, 4.69) is 6.92 Å². The van der Waals surface area contributed by atoms with E-state index < -0.39 is 6.10 Å². The topological polar surface area (TPSA) is 19.9 Å². The molecular weight excluding hydrogens is 87.5 g/mol. The van der Waals surface area contributed by atoms with E-state index in [9.17, 15) is 5.11 Å². The van der Waals surface area contributed by atoms with Crippen molar-refractivity contribution in [2.24, 2.45) is 0 Å². The van der Waals surface area contributed by atoms with Gasteiger partial charge >= 0.3 is 0 Å². The van der Waals surface area contributed by atoms with Gasteiger partial charge in [-0.3, -0.25) is 0 Å². The second-order valence-electron chi connectivity index (χ2n) is 0.776. The second kappa shape index (κ2) is 2.49. The highest BCUT2D eigenvalue weighted by Crippen LogP contribution is 1.80. The summed E-state index contributed by atoms with van der Waals surface area (Å²) in [5.74, 6) is 0.111. The van der Waals surface area contributed by atoms with Crippen LogP contribution >= 0.6 is 11.6 Å². The van der Waals surface area contributed by atoms with Crippen LogP contribution in [-0.4, -0.2) is 12.0 Å². The highest BCUT2D eigenvalue weighted by molar-refractivity contribution is 6.18. The molecule has 1 unspecified atom stereocenters. The van der Waals surface area contributed by atoms with Gasteiger partial charge in [-0.2, -0.15) is 0 Å². The van der Waals surface area contributed by atoms with Crippen LogP contribution in [0.2, 0.25) is 0 Å². The van der Waals surface area contributed by atoms with Gasteiger partial charge in [-0.25, -0.2) is 5.11 Å². The maximum Gasteiger partial charge on any atom is 0.107 e. The SMILES string of the molecule is [CH2]C([O])CCl. The van der Waals surface area contributed by atoms with Crippen LogP contribution in [0.1, 0.15) is 0 Å². The van der Waals surface area contributed by atoms with E-state index in [1.54, 1.807) is 0 Å². The summed E-state index contributed by atoms with van der Waals surface area (Å²) in [6.07, 6.45) is -0.850. The Morgan fingerprint density at radius 1 is 2.00 bits per heavy atom. The van der Waals surface area contributed by atoms with E-state index in [4.69, 9.17) is 11.6 Å². The van der Waals surface area contributed by atoms with Crippen molar-refractivity contribution in [3.8, 4) is 0 Å². The summed E-state index contributed by atoms with van der Waals surface area (Å²) in [5.41, 5.74) is 0. The van der Waals surface area contributed by atoms with Crippen LogP contribution in [0.3, 0.4) is 0 Å². The Morgan fingerprint density at radius 3 is 2.20 bits per heavy atom. The Labute approximate surface area is 36.6 Å². The van der Waals surface area contributed by atoms with Crippen LogP contribution in [0.5, 0.6) is 0 Å². The number of halogens is 1. The van der Waals surface area contributed by atoms with Gasteiger partial charge in [0.25, 0.3) is 0 Å². The summed E-state index contributed by atoms with van der Waals surface area (Å²) in [4.78, 5) is 0. The Bertz CT molecular complexity index is 20.9. The molecule has 0 saturated carbocycles. The number of alkyl halides is 1. The number of hydrogen-bond acceptors (Lipinski definition) is 0. The van der Waals surface area contributed by atoms with Crippen LogP contribution in [0.4, 0.5) is 0 Å². The molecule has 0 aliphatic rings. The third-order valence-electron chi connectivity index (χ3n) is 0.172. The lowest BCUT2D eigenvalue weighted by Crippen LogP contribution is -1.96. The van der Waals surface area contributed by atoms with Gasteiger partial charge in [0.15, 0.2) is 0 Å². The first-order valence-electron chi connectivity index (χ1n) is 1.32. The number of rotatable bonds is 1. The van der Waals surface area contributed by atoms with Crippen molar-refractivity contribution < 1.29 is 5.11 Å². The second-order valence-corrected chi connectivity index (χ2v) is 1.08. The van der Waals surface area contributed by atoms with Crippen molar-refractivity contribution in [2.75, 3.05) is 5.88 Å². The fraction of sp³-hybridized carbons (Fsp3) is 0.667. The Kier molecular flexibility index (Phi) is 2.61. The summed E-state index contributed by atoms with van der Waals surface area (Å²) in [6.45, 7) is 3.07. The third-order valence-corrected chi connectivity index (χ3v) is 0.516. The third kappa shape index (κ3) is 4.25. The monoisotopic (exact) mass is 92.0 g/mol. The summed E-state index contributed by atoms with van der Waals surface area (Å²) in [5, 5.41) is 9.65. The summed E-state index contributed by atoms with van der Waals surface area (Å²) < 4.78 is 0. The van der Waals surface area contributed by atoms with Crippen molar-refractivity contribution >= 4 is 11.6 Å². The predicted octanol–water partition coefficient (Wildman–Crippen LogP) is 0.858. The summed E-state index contributed by atoms with van der Waals surface area (Å²) in [7, 11) is 0. The van der Waals surface area contributed by atoms with Crippen molar-refractivity contribution in [1.82, 2.24) is 0 Å². The normalized spacial score (nSPS) is 15.0. The van der Waals surface area contributed by atoms with Crippen molar-refractivity contribution in [1.29, 1.82) is 0 Å². The standard InChI is InChI=1S/C3H5ClO/c1-3(5)2-4/h3H,1-2H2. The predicted molar refractivity (Wildman–Crippen MR) is 20.6 cm³/mol. The van der Waals surface area contributed by atoms with Crippen LogP contribution < -0.4 is 0 Å². The zero-order valence-electron chi connectivity index (χ0n) is 2.78. The molecule has 1 atom stereocenters. The fourth-order valence-corrected chi connectivity index (χ4v) is 0. The minimum atomic E-state index is -0.850. The van der Waals surface area contributed by atoms with E-state index >= 15 is 0 Å². The van der Waals surface area contributed by atoms with Crippen LogP contribution in [-0.2, 0) is 5.11 Å². The van der Waals surface area contributed by atoms with Gasteiger partial charge in [-0.05, 0) is 6.92 Å². The molecule has 0 aromatic carbocycles. The first-order chi connectivity index (χ1) is 2.27. The molecule has 1 nitrogen and oxygen atoms in total. The van der Waals surface area contributed by atoms with E-state index in [0.717, 1.165) is 0 Å². The fourth-order valence-electron chi connectivity index (χ4n) is 0. The molecule has 2 radical (unpaired) electrons. The molecule has 0 aliphatic heterocycles. The first kappa shape index (κ1) is 5.25. The number of hydrogen-bond donors (Lipinski definition) is 0. The van der Waals surface area contributed by atoms with Gasteiger partial charge < -0.3 is 0 Å². The van der Waals surface area contributed by atoms with Crippen LogP contribution in [0.25, 0.3) is 0 Å². The molecule has 0 saturated heterocycles. The van der Waals surface area contributed by atoms with Crippen LogP contribution in [0, 0.1) is 6.92 Å². The summed E-state index contributed by atoms with van der Waals surface area (Å²) >= 11 is 4.96. The van der Waals surface area contributed by atoms with Gasteiger partial charge in [-0.15, -0.1) is 11.6 Å². The minimum absolute atomic E-state index is 0.111. The quantitative estimate of drug-likeness (QED) is 0.428. The van der Waals surface area contributed by atoms with E-state index in [1.807, 2.05) is 0 Å². The molecule has 0 amide bonds. The molecule has 0 rings (SSSR count). The molecule has 0 aliphatic carbocycles. The Balaban J connectivity index is 2.54. The highest BCUT2D eigenvalue weighted by Gasteiger charge is 1.87. The van der Waals surface area contributed by atoms with Gasteiger partial charge in [0.05, 0.1) is 5.88 Å². The first-order valence-corrected chi connectivity index (χ1v) is 1.85. The van der Waals surface area contributed by atoms with Gasteiger partial charge in [0.1, 0.15) is 6.10 Å².